The SMILES string of the molecule is CCCCC(Cc1ccoc1)NCC. The first-order valence-electron chi connectivity index (χ1n) is 5.61. The van der Waals surface area contributed by atoms with E-state index in [1.807, 2.05) is 6.26 Å². The molecular weight excluding hydrogens is 174 g/mol. The first kappa shape index (κ1) is 11.3. The lowest BCUT2D eigenvalue weighted by molar-refractivity contribution is 0.470. The largest absolute Gasteiger partial charge is 0.472 e. The predicted octanol–water partition coefficient (Wildman–Crippen LogP) is 2.99. The molecule has 0 saturated heterocycles. The van der Waals surface area contributed by atoms with Crippen molar-refractivity contribution < 1.29 is 4.42 Å². The van der Waals surface area contributed by atoms with Crippen LogP contribution < -0.4 is 5.32 Å². The van der Waals surface area contributed by atoms with Crippen LogP contribution in [0.4, 0.5) is 0 Å². The van der Waals surface area contributed by atoms with Gasteiger partial charge in [-0.3, -0.25) is 0 Å². The molecule has 0 aliphatic heterocycles. The summed E-state index contributed by atoms with van der Waals surface area (Å²) in [4.78, 5) is 0. The Morgan fingerprint density at radius 2 is 2.29 bits per heavy atom. The average molecular weight is 195 g/mol. The van der Waals surface area contributed by atoms with Crippen LogP contribution in [-0.2, 0) is 6.42 Å². The van der Waals surface area contributed by atoms with E-state index >= 15 is 0 Å². The second kappa shape index (κ2) is 6.66. The molecule has 1 heterocycles. The summed E-state index contributed by atoms with van der Waals surface area (Å²) < 4.78 is 5.07. The molecule has 2 heteroatoms. The van der Waals surface area contributed by atoms with Crippen LogP contribution >= 0.6 is 0 Å². The zero-order chi connectivity index (χ0) is 10.2. The van der Waals surface area contributed by atoms with E-state index in [0.717, 1.165) is 13.0 Å². The second-order valence-corrected chi connectivity index (χ2v) is 3.73. The Labute approximate surface area is 86.7 Å². The molecule has 1 aromatic heterocycles. The fraction of sp³-hybridized carbons (Fsp3) is 0.667. The number of nitrogens with one attached hydrogen (secondary N) is 1. The molecule has 2 nitrogen and oxygen atoms in total. The number of rotatable bonds is 7. The number of furan rings is 1. The topological polar surface area (TPSA) is 25.2 Å². The summed E-state index contributed by atoms with van der Waals surface area (Å²) in [7, 11) is 0. The zero-order valence-corrected chi connectivity index (χ0v) is 9.25. The maximum atomic E-state index is 5.07. The first-order valence-corrected chi connectivity index (χ1v) is 5.61. The molecule has 0 saturated carbocycles. The van der Waals surface area contributed by atoms with Crippen LogP contribution in [0.25, 0.3) is 0 Å². The van der Waals surface area contributed by atoms with Gasteiger partial charge in [-0.2, -0.15) is 0 Å². The summed E-state index contributed by atoms with van der Waals surface area (Å²) in [5.41, 5.74) is 1.30. The highest BCUT2D eigenvalue weighted by atomic mass is 16.3. The van der Waals surface area contributed by atoms with E-state index < -0.39 is 0 Å². The van der Waals surface area contributed by atoms with Gasteiger partial charge in [0.05, 0.1) is 12.5 Å². The summed E-state index contributed by atoms with van der Waals surface area (Å²) in [5.74, 6) is 0. The van der Waals surface area contributed by atoms with E-state index in [0.29, 0.717) is 6.04 Å². The first-order chi connectivity index (χ1) is 6.86. The van der Waals surface area contributed by atoms with Gasteiger partial charge >= 0.3 is 0 Å². The van der Waals surface area contributed by atoms with Crippen molar-refractivity contribution in [1.82, 2.24) is 5.32 Å². The maximum Gasteiger partial charge on any atom is 0.0935 e. The Morgan fingerprint density at radius 3 is 2.86 bits per heavy atom. The standard InChI is InChI=1S/C12H21NO/c1-3-5-6-12(13-4-2)9-11-7-8-14-10-11/h7-8,10,12-13H,3-6,9H2,1-2H3. The van der Waals surface area contributed by atoms with Gasteiger partial charge in [0.1, 0.15) is 0 Å². The Kier molecular flexibility index (Phi) is 5.38. The lowest BCUT2D eigenvalue weighted by atomic mass is 10.0. The van der Waals surface area contributed by atoms with E-state index in [9.17, 15) is 0 Å². The van der Waals surface area contributed by atoms with Crippen LogP contribution in [0.15, 0.2) is 23.0 Å². The third-order valence-corrected chi connectivity index (χ3v) is 2.46. The molecule has 1 aromatic rings. The Hall–Kier alpha value is -0.760. The minimum Gasteiger partial charge on any atom is -0.472 e. The molecule has 0 aliphatic rings. The molecule has 0 aromatic carbocycles. The highest BCUT2D eigenvalue weighted by Crippen LogP contribution is 2.09. The van der Waals surface area contributed by atoms with Gasteiger partial charge < -0.3 is 9.73 Å². The van der Waals surface area contributed by atoms with Gasteiger partial charge in [0, 0.05) is 6.04 Å². The van der Waals surface area contributed by atoms with Gasteiger partial charge in [-0.15, -0.1) is 0 Å². The Morgan fingerprint density at radius 1 is 1.43 bits per heavy atom. The number of hydrogen-bond acceptors (Lipinski definition) is 2. The van der Waals surface area contributed by atoms with Gasteiger partial charge in [0.15, 0.2) is 0 Å². The van der Waals surface area contributed by atoms with E-state index in [2.05, 4.69) is 25.2 Å². The van der Waals surface area contributed by atoms with Crippen LogP contribution in [-0.4, -0.2) is 12.6 Å². The van der Waals surface area contributed by atoms with Crippen LogP contribution in [0.5, 0.6) is 0 Å². The van der Waals surface area contributed by atoms with Crippen LogP contribution in [0.3, 0.4) is 0 Å². The fourth-order valence-electron chi connectivity index (χ4n) is 1.71. The lowest BCUT2D eigenvalue weighted by Gasteiger charge is -2.16. The van der Waals surface area contributed by atoms with Crippen LogP contribution in [0, 0.1) is 0 Å². The van der Waals surface area contributed by atoms with E-state index in [1.165, 1.54) is 24.8 Å². The lowest BCUT2D eigenvalue weighted by Crippen LogP contribution is -2.30. The molecule has 1 N–H and O–H groups in total. The van der Waals surface area contributed by atoms with Crippen molar-refractivity contribution >= 4 is 0 Å². The fourth-order valence-corrected chi connectivity index (χ4v) is 1.71. The van der Waals surface area contributed by atoms with Gasteiger partial charge in [-0.25, -0.2) is 0 Å². The molecular formula is C12H21NO. The molecule has 0 fully saturated rings. The minimum atomic E-state index is 0.609. The molecule has 0 radical (unpaired) electrons. The van der Waals surface area contributed by atoms with Crippen molar-refractivity contribution in [2.75, 3.05) is 6.54 Å². The quantitative estimate of drug-likeness (QED) is 0.723. The smallest absolute Gasteiger partial charge is 0.0935 e. The highest BCUT2D eigenvalue weighted by Gasteiger charge is 2.07. The summed E-state index contributed by atoms with van der Waals surface area (Å²) >= 11 is 0. The van der Waals surface area contributed by atoms with Crippen molar-refractivity contribution in [1.29, 1.82) is 0 Å². The van der Waals surface area contributed by atoms with E-state index in [4.69, 9.17) is 4.42 Å². The third-order valence-electron chi connectivity index (χ3n) is 2.46. The molecule has 0 bridgehead atoms. The Bertz CT molecular complexity index is 218. The Balaban J connectivity index is 2.34. The van der Waals surface area contributed by atoms with E-state index in [-0.39, 0.29) is 0 Å². The number of unbranched alkanes of at least 4 members (excludes halogenated alkanes) is 1. The molecule has 0 spiro atoms. The second-order valence-electron chi connectivity index (χ2n) is 3.73. The summed E-state index contributed by atoms with van der Waals surface area (Å²) in [6.07, 6.45) is 8.51. The third kappa shape index (κ3) is 3.97. The summed E-state index contributed by atoms with van der Waals surface area (Å²) in [6, 6.07) is 2.66. The van der Waals surface area contributed by atoms with Crippen molar-refractivity contribution in [2.45, 2.75) is 45.6 Å². The number of likely N-dealkylation sites (N-methyl/N-ethyl adjacent to an activating group) is 1. The van der Waals surface area contributed by atoms with Crippen molar-refractivity contribution in [2.24, 2.45) is 0 Å². The van der Waals surface area contributed by atoms with Crippen molar-refractivity contribution in [3.63, 3.8) is 0 Å². The zero-order valence-electron chi connectivity index (χ0n) is 9.25. The highest BCUT2D eigenvalue weighted by molar-refractivity contribution is 5.07. The number of hydrogen-bond donors (Lipinski definition) is 1. The maximum absolute atomic E-state index is 5.07. The predicted molar refractivity (Wildman–Crippen MR) is 59.4 cm³/mol. The normalized spacial score (nSPS) is 13.0. The average Bonchev–Trinajstić information content (AvgIpc) is 2.67. The van der Waals surface area contributed by atoms with E-state index in [1.54, 1.807) is 6.26 Å². The molecule has 0 aliphatic carbocycles. The molecule has 0 amide bonds. The van der Waals surface area contributed by atoms with Crippen LogP contribution in [0.1, 0.15) is 38.7 Å². The molecule has 1 rings (SSSR count). The van der Waals surface area contributed by atoms with Crippen molar-refractivity contribution in [3.8, 4) is 0 Å². The molecule has 1 atom stereocenters. The minimum absolute atomic E-state index is 0.609. The molecule has 14 heavy (non-hydrogen) atoms. The summed E-state index contributed by atoms with van der Waals surface area (Å²) in [5, 5.41) is 3.51. The van der Waals surface area contributed by atoms with Gasteiger partial charge in [-0.1, -0.05) is 26.7 Å². The summed E-state index contributed by atoms with van der Waals surface area (Å²) in [6.45, 7) is 5.45. The molecule has 1 unspecified atom stereocenters. The van der Waals surface area contributed by atoms with Crippen LogP contribution in [0.2, 0.25) is 0 Å². The van der Waals surface area contributed by atoms with Crippen molar-refractivity contribution in [3.05, 3.63) is 24.2 Å². The van der Waals surface area contributed by atoms with Gasteiger partial charge in [0.25, 0.3) is 0 Å². The monoisotopic (exact) mass is 195 g/mol. The van der Waals surface area contributed by atoms with Gasteiger partial charge in [0.2, 0.25) is 0 Å². The molecule has 80 valence electrons. The van der Waals surface area contributed by atoms with Gasteiger partial charge in [-0.05, 0) is 31.0 Å².